The number of fused-ring (bicyclic) bond motifs is 4. The predicted molar refractivity (Wildman–Crippen MR) is 298 cm³/mol. The van der Waals surface area contributed by atoms with Crippen LogP contribution in [0.4, 0.5) is 0 Å². The van der Waals surface area contributed by atoms with Crippen molar-refractivity contribution in [3.63, 3.8) is 0 Å². The fourth-order valence-electron chi connectivity index (χ4n) is 18.5. The molecule has 71 heavy (non-hydrogen) atoms. The smallest absolute Gasteiger partial charge is 0.369 e. The summed E-state index contributed by atoms with van der Waals surface area (Å²) in [5.74, 6) is 0. The van der Waals surface area contributed by atoms with E-state index in [0.717, 1.165) is 35.5 Å². The summed E-state index contributed by atoms with van der Waals surface area (Å²) < 4.78 is 78.4. The van der Waals surface area contributed by atoms with Gasteiger partial charge in [0.25, 0.3) is 0 Å². The van der Waals surface area contributed by atoms with Crippen molar-refractivity contribution in [2.24, 2.45) is 5.41 Å². The van der Waals surface area contributed by atoms with Crippen molar-refractivity contribution in [2.45, 2.75) is 286 Å². The van der Waals surface area contributed by atoms with Crippen molar-refractivity contribution in [3.05, 3.63) is 0 Å². The molecule has 12 fully saturated rings. The molecule has 403 valence electrons. The van der Waals surface area contributed by atoms with Crippen molar-refractivity contribution in [2.75, 3.05) is 26.4 Å². The lowest BCUT2D eigenvalue weighted by Gasteiger charge is -2.65. The Morgan fingerprint density at radius 3 is 1.56 bits per heavy atom. The Labute approximate surface area is 440 Å². The topological polar surface area (TPSA) is 124 Å². The molecule has 8 unspecified atom stereocenters. The molecule has 0 amide bonds. The summed E-state index contributed by atoms with van der Waals surface area (Å²) in [6.07, 6.45) is 37.1. The lowest BCUT2D eigenvalue weighted by Crippen LogP contribution is -2.82. The maximum absolute atomic E-state index is 10.3. The third kappa shape index (κ3) is 9.52. The molecule has 2 N–H and O–H groups in total. The second kappa shape index (κ2) is 20.9. The van der Waals surface area contributed by atoms with E-state index in [1.807, 2.05) is 6.92 Å². The maximum Gasteiger partial charge on any atom is 0.369 e. The van der Waals surface area contributed by atoms with Gasteiger partial charge in [-0.3, -0.25) is 0 Å². The highest BCUT2D eigenvalue weighted by Crippen LogP contribution is 2.72. The van der Waals surface area contributed by atoms with E-state index in [9.17, 15) is 18.4 Å². The van der Waals surface area contributed by atoms with Crippen LogP contribution in [0.1, 0.15) is 200 Å². The molecular formula is C51H97O11Si9. The molecule has 0 aromatic rings. The van der Waals surface area contributed by atoms with Crippen LogP contribution >= 0.6 is 0 Å². The summed E-state index contributed by atoms with van der Waals surface area (Å²) >= 11 is 0. The van der Waals surface area contributed by atoms with Crippen LogP contribution in [-0.4, -0.2) is 114 Å². The average molecular weight is 1140 g/mol. The fraction of sp³-hybridized carbons (Fsp3) is 1.00. The van der Waals surface area contributed by atoms with Gasteiger partial charge in [0.15, 0.2) is 16.6 Å². The number of hydrogen-bond donors (Lipinski definition) is 2. The molecule has 5 saturated heterocycles. The molecule has 8 atom stereocenters. The summed E-state index contributed by atoms with van der Waals surface area (Å²) in [5, 5.41) is 20.8. The first-order valence-corrected chi connectivity index (χ1v) is 50.0. The summed E-state index contributed by atoms with van der Waals surface area (Å²) in [6.45, 7) is 8.01. The van der Waals surface area contributed by atoms with Gasteiger partial charge in [0.1, 0.15) is 0 Å². The standard InChI is InChI=1S/C51H97O11Si9/c1-4-51(37-52,38-53)39-54-34-19-35-64(2,3)57-70-41-65(44-22-7-8-23-44)40-67(46-26-11-12-27-46)55-63(43-20-5-6-21-43)56-68(47-28-13-14-29-47,42-69(59-67,60-70)48-30-15-16-31-48)62-71(49-32-17-18-33-49)50(70)36-66(58-65,61-71)45-24-9-10-25-45/h43-50,52-53H,4-42H2,1-3H3. The van der Waals surface area contributed by atoms with E-state index in [0.29, 0.717) is 58.4 Å². The number of aliphatic hydroxyl groups excluding tert-OH is 2. The molecule has 5 aliphatic heterocycles. The van der Waals surface area contributed by atoms with Gasteiger partial charge >= 0.3 is 60.6 Å². The lowest BCUT2D eigenvalue weighted by molar-refractivity contribution is -0.0297. The third-order valence-corrected chi connectivity index (χ3v) is 77.5. The largest absolute Gasteiger partial charge is 0.436 e. The molecule has 7 bridgehead atoms. The van der Waals surface area contributed by atoms with Crippen LogP contribution in [-0.2, 0) is 37.7 Å². The summed E-state index contributed by atoms with van der Waals surface area (Å²) in [4.78, 5) is 0. The van der Waals surface area contributed by atoms with Gasteiger partial charge in [0.2, 0.25) is 0 Å². The quantitative estimate of drug-likeness (QED) is 0.101. The molecule has 12 rings (SSSR count). The van der Waals surface area contributed by atoms with Gasteiger partial charge < -0.3 is 47.9 Å². The Hall–Kier alpha value is 1.51. The van der Waals surface area contributed by atoms with Crippen LogP contribution in [0.2, 0.25) is 86.1 Å². The van der Waals surface area contributed by atoms with E-state index in [-0.39, 0.29) is 18.4 Å². The zero-order chi connectivity index (χ0) is 48.6. The van der Waals surface area contributed by atoms with Crippen LogP contribution < -0.4 is 0 Å². The highest BCUT2D eigenvalue weighted by molar-refractivity contribution is 7.16. The minimum absolute atomic E-state index is 0.0588. The number of hydrogen-bond acceptors (Lipinski definition) is 11. The van der Waals surface area contributed by atoms with Crippen LogP contribution in [0.15, 0.2) is 0 Å². The Bertz CT molecular complexity index is 1830. The van der Waals surface area contributed by atoms with Gasteiger partial charge in [0, 0.05) is 67.4 Å². The van der Waals surface area contributed by atoms with Crippen molar-refractivity contribution in [3.8, 4) is 0 Å². The van der Waals surface area contributed by atoms with Crippen LogP contribution in [0.3, 0.4) is 0 Å². The number of rotatable bonds is 18. The summed E-state index contributed by atoms with van der Waals surface area (Å²) in [5.41, 5.74) is 6.05. The highest BCUT2D eigenvalue weighted by atomic mass is 28.6. The van der Waals surface area contributed by atoms with Crippen molar-refractivity contribution < 1.29 is 47.9 Å². The molecule has 11 nitrogen and oxygen atoms in total. The van der Waals surface area contributed by atoms with E-state index in [4.69, 9.17) is 29.4 Å². The van der Waals surface area contributed by atoms with Gasteiger partial charge in [-0.25, -0.2) is 0 Å². The minimum atomic E-state index is -3.34. The Kier molecular flexibility index (Phi) is 15.6. The molecule has 0 spiro atoms. The SMILES string of the molecule is CCC(CO)(CO)COCCC[Si](C)(C)O[Si]12C[Si]3(C4CCCC4)C[Si]4(C5CCCC5)O[Si](C5CCCC5)O[Si](C5CCCC5)(C[Si](C5CCCC5)(O4)O1)O[Si]1(C4CCCC4)O[Si](C4CCCC4)(CC21)O3. The zero-order valence-electron chi connectivity index (χ0n) is 44.8. The van der Waals surface area contributed by atoms with Crippen LogP contribution in [0, 0.1) is 5.41 Å². The lowest BCUT2D eigenvalue weighted by atomic mass is 9.88. The molecular weight excluding hydrogens is 1040 g/mol. The van der Waals surface area contributed by atoms with Gasteiger partial charge in [-0.2, -0.15) is 0 Å². The van der Waals surface area contributed by atoms with Gasteiger partial charge in [-0.15, -0.1) is 0 Å². The van der Waals surface area contributed by atoms with Crippen molar-refractivity contribution in [1.29, 1.82) is 0 Å². The fourth-order valence-corrected chi connectivity index (χ4v) is 101. The monoisotopic (exact) mass is 1140 g/mol. The first-order valence-electron chi connectivity index (χ1n) is 30.6. The van der Waals surface area contributed by atoms with Gasteiger partial charge in [0.05, 0.1) is 19.8 Å². The average Bonchev–Trinajstić information content (AvgIpc) is 4.21. The van der Waals surface area contributed by atoms with E-state index >= 15 is 0 Å². The third-order valence-electron chi connectivity index (χ3n) is 22.3. The highest BCUT2D eigenvalue weighted by Gasteiger charge is 2.86. The molecule has 5 heterocycles. The number of ether oxygens (including phenoxy) is 1. The van der Waals surface area contributed by atoms with Crippen LogP contribution in [0.25, 0.3) is 0 Å². The van der Waals surface area contributed by atoms with Gasteiger partial charge in [-0.05, 0) is 121 Å². The predicted octanol–water partition coefficient (Wildman–Crippen LogP) is 13.4. The molecule has 20 heteroatoms. The van der Waals surface area contributed by atoms with Gasteiger partial charge in [-0.1, -0.05) is 110 Å². The molecule has 12 aliphatic rings. The normalized spacial score (nSPS) is 42.8. The summed E-state index contributed by atoms with van der Waals surface area (Å²) in [6, 6.07) is 2.07. The van der Waals surface area contributed by atoms with Crippen LogP contribution in [0.5, 0.6) is 0 Å². The minimum Gasteiger partial charge on any atom is -0.436 e. The molecule has 7 aliphatic carbocycles. The van der Waals surface area contributed by atoms with Crippen molar-refractivity contribution in [1.82, 2.24) is 0 Å². The van der Waals surface area contributed by atoms with E-state index in [1.54, 1.807) is 0 Å². The zero-order valence-corrected chi connectivity index (χ0v) is 53.8. The van der Waals surface area contributed by atoms with E-state index in [2.05, 4.69) is 13.1 Å². The Morgan fingerprint density at radius 1 is 0.535 bits per heavy atom. The second-order valence-corrected chi connectivity index (χ2v) is 62.4. The second-order valence-electron chi connectivity index (χ2n) is 27.2. The Balaban J connectivity index is 1.08. The first kappa shape index (κ1) is 53.2. The van der Waals surface area contributed by atoms with E-state index in [1.165, 1.54) is 180 Å². The first-order chi connectivity index (χ1) is 34.4. The van der Waals surface area contributed by atoms with E-state index < -0.39 is 82.7 Å². The molecule has 0 aromatic heterocycles. The summed E-state index contributed by atoms with van der Waals surface area (Å²) in [7, 11) is -26.1. The van der Waals surface area contributed by atoms with Crippen molar-refractivity contribution >= 4 is 77.3 Å². The number of aliphatic hydroxyl groups is 2. The molecule has 7 saturated carbocycles. The Morgan fingerprint density at radius 2 is 1.01 bits per heavy atom. The maximum atomic E-state index is 10.3. The molecule has 0 aromatic carbocycles. The molecule has 1 radical (unpaired) electrons.